The molecular weight excluding hydrogens is 244 g/mol. The lowest BCUT2D eigenvalue weighted by molar-refractivity contribution is -0.120. The second kappa shape index (κ2) is 5.85. The number of aryl methyl sites for hydroxylation is 2. The normalized spacial score (nSPS) is 16.6. The lowest BCUT2D eigenvalue weighted by Gasteiger charge is -2.14. The van der Waals surface area contributed by atoms with Crippen LogP contribution in [0.5, 0.6) is 0 Å². The van der Waals surface area contributed by atoms with Crippen molar-refractivity contribution >= 4 is 17.2 Å². The van der Waals surface area contributed by atoms with E-state index in [9.17, 15) is 4.79 Å². The first-order valence-corrected chi connectivity index (χ1v) is 7.45. The summed E-state index contributed by atoms with van der Waals surface area (Å²) in [7, 11) is 0. The van der Waals surface area contributed by atoms with E-state index in [4.69, 9.17) is 0 Å². The van der Waals surface area contributed by atoms with Gasteiger partial charge in [0.05, 0.1) is 12.6 Å². The predicted octanol–water partition coefficient (Wildman–Crippen LogP) is 2.54. The molecule has 1 fully saturated rings. The Kier molecular flexibility index (Phi) is 4.40. The molecule has 1 saturated carbocycles. The zero-order valence-electron chi connectivity index (χ0n) is 11.4. The highest BCUT2D eigenvalue weighted by atomic mass is 32.1. The van der Waals surface area contributed by atoms with E-state index in [1.165, 1.54) is 28.2 Å². The summed E-state index contributed by atoms with van der Waals surface area (Å²) < 4.78 is 0. The first-order chi connectivity index (χ1) is 8.56. The van der Waals surface area contributed by atoms with Crippen molar-refractivity contribution in [2.45, 2.75) is 39.7 Å². The summed E-state index contributed by atoms with van der Waals surface area (Å²) in [5.41, 5.74) is 1.24. The van der Waals surface area contributed by atoms with Gasteiger partial charge in [0, 0.05) is 9.75 Å². The first-order valence-electron chi connectivity index (χ1n) is 6.63. The van der Waals surface area contributed by atoms with Crippen LogP contribution in [-0.2, 0) is 4.79 Å². The Hall–Kier alpha value is -0.870. The predicted molar refractivity (Wildman–Crippen MR) is 75.9 cm³/mol. The zero-order valence-corrected chi connectivity index (χ0v) is 12.2. The van der Waals surface area contributed by atoms with Crippen molar-refractivity contribution in [2.75, 3.05) is 13.1 Å². The largest absolute Gasteiger partial charge is 0.348 e. The van der Waals surface area contributed by atoms with Crippen LogP contribution in [-0.4, -0.2) is 19.0 Å². The van der Waals surface area contributed by atoms with Crippen LogP contribution in [0, 0.1) is 19.8 Å². The first kappa shape index (κ1) is 13.6. The van der Waals surface area contributed by atoms with Gasteiger partial charge in [-0.25, -0.2) is 0 Å². The second-order valence-corrected chi connectivity index (χ2v) is 6.69. The molecule has 3 nitrogen and oxygen atoms in total. The van der Waals surface area contributed by atoms with Crippen molar-refractivity contribution < 1.29 is 4.79 Å². The minimum Gasteiger partial charge on any atom is -0.348 e. The van der Waals surface area contributed by atoms with E-state index in [1.807, 2.05) is 6.92 Å². The van der Waals surface area contributed by atoms with Crippen molar-refractivity contribution in [1.29, 1.82) is 0 Å². The number of hydrogen-bond donors (Lipinski definition) is 2. The quantitative estimate of drug-likeness (QED) is 0.831. The molecule has 1 amide bonds. The van der Waals surface area contributed by atoms with E-state index in [-0.39, 0.29) is 11.9 Å². The molecule has 1 aromatic heterocycles. The lowest BCUT2D eigenvalue weighted by atomic mass is 10.1. The number of thiophene rings is 1. The number of hydrogen-bond acceptors (Lipinski definition) is 3. The van der Waals surface area contributed by atoms with Gasteiger partial charge in [0.25, 0.3) is 0 Å². The Bertz CT molecular complexity index is 423. The molecular formula is C14H22N2OS. The van der Waals surface area contributed by atoms with Crippen LogP contribution in [0.15, 0.2) is 6.07 Å². The summed E-state index contributed by atoms with van der Waals surface area (Å²) in [5, 5.41) is 6.26. The van der Waals surface area contributed by atoms with Crippen LogP contribution >= 0.6 is 11.3 Å². The van der Waals surface area contributed by atoms with E-state index in [0.29, 0.717) is 6.54 Å². The van der Waals surface area contributed by atoms with Crippen molar-refractivity contribution in [2.24, 2.45) is 5.92 Å². The van der Waals surface area contributed by atoms with Gasteiger partial charge in [-0.3, -0.25) is 4.79 Å². The van der Waals surface area contributed by atoms with Crippen LogP contribution in [0.4, 0.5) is 0 Å². The highest BCUT2D eigenvalue weighted by Gasteiger charge is 2.21. The van der Waals surface area contributed by atoms with E-state index in [1.54, 1.807) is 11.3 Å². The van der Waals surface area contributed by atoms with Crippen molar-refractivity contribution in [1.82, 2.24) is 10.6 Å². The van der Waals surface area contributed by atoms with E-state index < -0.39 is 0 Å². The summed E-state index contributed by atoms with van der Waals surface area (Å²) in [6.45, 7) is 7.68. The highest BCUT2D eigenvalue weighted by Crippen LogP contribution is 2.27. The molecule has 1 unspecified atom stereocenters. The summed E-state index contributed by atoms with van der Waals surface area (Å²) >= 11 is 1.79. The van der Waals surface area contributed by atoms with Gasteiger partial charge in [0.2, 0.25) is 5.91 Å². The average Bonchev–Trinajstić information content (AvgIpc) is 3.03. The van der Waals surface area contributed by atoms with Crippen LogP contribution in [0.25, 0.3) is 0 Å². The monoisotopic (exact) mass is 266 g/mol. The van der Waals surface area contributed by atoms with Gasteiger partial charge in [-0.1, -0.05) is 0 Å². The molecule has 0 aromatic carbocycles. The van der Waals surface area contributed by atoms with Gasteiger partial charge in [0.15, 0.2) is 0 Å². The second-order valence-electron chi connectivity index (χ2n) is 5.23. The topological polar surface area (TPSA) is 41.1 Å². The summed E-state index contributed by atoms with van der Waals surface area (Å²) in [4.78, 5) is 14.4. The average molecular weight is 266 g/mol. The van der Waals surface area contributed by atoms with Gasteiger partial charge in [-0.15, -0.1) is 11.3 Å². The fourth-order valence-corrected chi connectivity index (χ4v) is 3.18. The molecule has 18 heavy (non-hydrogen) atoms. The van der Waals surface area contributed by atoms with Crippen LogP contribution in [0.1, 0.15) is 41.1 Å². The summed E-state index contributed by atoms with van der Waals surface area (Å²) in [6, 6.07) is 2.27. The lowest BCUT2D eigenvalue weighted by Crippen LogP contribution is -2.36. The Labute approximate surface area is 113 Å². The molecule has 0 radical (unpaired) electrons. The van der Waals surface area contributed by atoms with Gasteiger partial charge in [-0.05, 0) is 57.7 Å². The number of rotatable bonds is 6. The third kappa shape index (κ3) is 3.82. The molecule has 0 aliphatic heterocycles. The zero-order chi connectivity index (χ0) is 13.1. The maximum atomic E-state index is 11.8. The Morgan fingerprint density at radius 2 is 2.22 bits per heavy atom. The molecule has 1 atom stereocenters. The van der Waals surface area contributed by atoms with Crippen molar-refractivity contribution in [3.8, 4) is 0 Å². The number of carbonyl (C=O) groups is 1. The standard InChI is InChI=1S/C14H22N2OS/c1-9-6-13(11(3)18-9)10(2)16-14(17)8-15-7-12-4-5-12/h6,10,12,15H,4-5,7-8H2,1-3H3,(H,16,17). The molecule has 0 spiro atoms. The molecule has 1 heterocycles. The van der Waals surface area contributed by atoms with E-state index in [0.717, 1.165) is 12.5 Å². The van der Waals surface area contributed by atoms with Crippen molar-refractivity contribution in [3.05, 3.63) is 21.4 Å². The molecule has 1 aromatic rings. The number of amides is 1. The summed E-state index contributed by atoms with van der Waals surface area (Å²) in [5.74, 6) is 0.906. The van der Waals surface area contributed by atoms with Gasteiger partial charge in [-0.2, -0.15) is 0 Å². The van der Waals surface area contributed by atoms with E-state index >= 15 is 0 Å². The minimum atomic E-state index is 0.0893. The Morgan fingerprint density at radius 3 is 2.78 bits per heavy atom. The minimum absolute atomic E-state index is 0.0893. The van der Waals surface area contributed by atoms with E-state index in [2.05, 4.69) is 30.5 Å². The Balaban J connectivity index is 1.76. The van der Waals surface area contributed by atoms with Crippen LogP contribution < -0.4 is 10.6 Å². The molecule has 0 saturated heterocycles. The smallest absolute Gasteiger partial charge is 0.234 e. The van der Waals surface area contributed by atoms with Crippen LogP contribution in [0.3, 0.4) is 0 Å². The number of carbonyl (C=O) groups excluding carboxylic acids is 1. The molecule has 2 N–H and O–H groups in total. The fourth-order valence-electron chi connectivity index (χ4n) is 2.16. The Morgan fingerprint density at radius 1 is 1.50 bits per heavy atom. The molecule has 1 aliphatic carbocycles. The van der Waals surface area contributed by atoms with Gasteiger partial charge >= 0.3 is 0 Å². The molecule has 1 aliphatic rings. The van der Waals surface area contributed by atoms with Gasteiger partial charge in [0.1, 0.15) is 0 Å². The van der Waals surface area contributed by atoms with Crippen LogP contribution in [0.2, 0.25) is 0 Å². The molecule has 0 bridgehead atoms. The number of nitrogens with one attached hydrogen (secondary N) is 2. The van der Waals surface area contributed by atoms with Gasteiger partial charge < -0.3 is 10.6 Å². The SMILES string of the molecule is Cc1cc(C(C)NC(=O)CNCC2CC2)c(C)s1. The third-order valence-corrected chi connectivity index (χ3v) is 4.32. The molecule has 4 heteroatoms. The molecule has 2 rings (SSSR count). The summed E-state index contributed by atoms with van der Waals surface area (Å²) in [6.07, 6.45) is 2.64. The molecule has 100 valence electrons. The third-order valence-electron chi connectivity index (χ3n) is 3.34. The highest BCUT2D eigenvalue weighted by molar-refractivity contribution is 7.12. The fraction of sp³-hybridized carbons (Fsp3) is 0.643. The van der Waals surface area contributed by atoms with Crippen molar-refractivity contribution in [3.63, 3.8) is 0 Å². The maximum absolute atomic E-state index is 11.8. The maximum Gasteiger partial charge on any atom is 0.234 e.